The first-order chi connectivity index (χ1) is 15.9. The Labute approximate surface area is 194 Å². The Morgan fingerprint density at radius 3 is 2.45 bits per heavy atom. The molecule has 0 spiro atoms. The molecule has 2 fully saturated rings. The number of hydrogen-bond acceptors (Lipinski definition) is 6. The van der Waals surface area contributed by atoms with Gasteiger partial charge >= 0.3 is 0 Å². The highest BCUT2D eigenvalue weighted by Gasteiger charge is 2.32. The Balaban J connectivity index is 1.39. The van der Waals surface area contributed by atoms with Crippen molar-refractivity contribution in [3.8, 4) is 23.3 Å². The van der Waals surface area contributed by atoms with Crippen molar-refractivity contribution in [2.45, 2.75) is 75.9 Å². The van der Waals surface area contributed by atoms with Crippen LogP contribution in [0.4, 0.5) is 5.95 Å². The van der Waals surface area contributed by atoms with Gasteiger partial charge < -0.3 is 14.6 Å². The van der Waals surface area contributed by atoms with E-state index in [1.807, 2.05) is 6.07 Å². The van der Waals surface area contributed by atoms with Gasteiger partial charge in [-0.1, -0.05) is 17.9 Å². The van der Waals surface area contributed by atoms with Crippen LogP contribution in [0, 0.1) is 11.8 Å². The number of ether oxygens (including phenoxy) is 2. The third kappa shape index (κ3) is 6.02. The molecule has 0 unspecified atom stereocenters. The molecule has 0 aliphatic heterocycles. The van der Waals surface area contributed by atoms with Crippen LogP contribution in [-0.4, -0.2) is 39.8 Å². The SMILES string of the molecule is COc1ccc(C2CCC(O)(C#Cc3cnc(NC(C)=O)nc3)CC2)cc1OC1CCCC1. The number of methoxy groups -OCH3 is 1. The Morgan fingerprint density at radius 1 is 1.12 bits per heavy atom. The van der Waals surface area contributed by atoms with Crippen LogP contribution in [-0.2, 0) is 4.79 Å². The minimum absolute atomic E-state index is 0.228. The van der Waals surface area contributed by atoms with Gasteiger partial charge in [0.2, 0.25) is 11.9 Å². The Hall–Kier alpha value is -3.11. The van der Waals surface area contributed by atoms with E-state index in [2.05, 4.69) is 39.3 Å². The number of carbonyl (C=O) groups is 1. The van der Waals surface area contributed by atoms with Gasteiger partial charge in [-0.05, 0) is 75.0 Å². The van der Waals surface area contributed by atoms with Crippen LogP contribution in [0.1, 0.15) is 75.3 Å². The molecule has 0 radical (unpaired) electrons. The van der Waals surface area contributed by atoms with Gasteiger partial charge in [0.1, 0.15) is 5.60 Å². The van der Waals surface area contributed by atoms with Gasteiger partial charge in [-0.15, -0.1) is 0 Å². The first kappa shape index (κ1) is 23.1. The van der Waals surface area contributed by atoms with Gasteiger partial charge in [0.25, 0.3) is 0 Å². The van der Waals surface area contributed by atoms with E-state index in [4.69, 9.17) is 9.47 Å². The monoisotopic (exact) mass is 449 g/mol. The van der Waals surface area contributed by atoms with Crippen molar-refractivity contribution in [1.29, 1.82) is 0 Å². The molecular formula is C26H31N3O4. The summed E-state index contributed by atoms with van der Waals surface area (Å²) in [5.74, 6) is 7.96. The van der Waals surface area contributed by atoms with Gasteiger partial charge in [-0.2, -0.15) is 0 Å². The molecule has 7 heteroatoms. The largest absolute Gasteiger partial charge is 0.493 e. The highest BCUT2D eigenvalue weighted by atomic mass is 16.5. The lowest BCUT2D eigenvalue weighted by Crippen LogP contribution is -2.31. The summed E-state index contributed by atoms with van der Waals surface area (Å²) < 4.78 is 11.8. The minimum atomic E-state index is -1.03. The Morgan fingerprint density at radius 2 is 1.82 bits per heavy atom. The molecule has 7 nitrogen and oxygen atoms in total. The number of anilines is 1. The molecule has 2 aliphatic carbocycles. The number of carbonyl (C=O) groups excluding carboxylic acids is 1. The Kier molecular flexibility index (Phi) is 7.14. The van der Waals surface area contributed by atoms with Crippen LogP contribution in [0.5, 0.6) is 11.5 Å². The minimum Gasteiger partial charge on any atom is -0.493 e. The predicted octanol–water partition coefficient (Wildman–Crippen LogP) is 4.21. The summed E-state index contributed by atoms with van der Waals surface area (Å²) >= 11 is 0. The molecule has 1 amide bonds. The number of nitrogens with one attached hydrogen (secondary N) is 1. The quantitative estimate of drug-likeness (QED) is 0.665. The van der Waals surface area contributed by atoms with Crippen molar-refractivity contribution in [3.63, 3.8) is 0 Å². The molecule has 0 bridgehead atoms. The highest BCUT2D eigenvalue weighted by molar-refractivity contribution is 5.86. The molecule has 2 aliphatic rings. The van der Waals surface area contributed by atoms with E-state index in [1.54, 1.807) is 19.5 Å². The molecule has 1 aromatic carbocycles. The van der Waals surface area contributed by atoms with Crippen LogP contribution in [0.3, 0.4) is 0 Å². The van der Waals surface area contributed by atoms with Crippen molar-refractivity contribution >= 4 is 11.9 Å². The van der Waals surface area contributed by atoms with Crippen LogP contribution in [0.15, 0.2) is 30.6 Å². The first-order valence-corrected chi connectivity index (χ1v) is 11.6. The van der Waals surface area contributed by atoms with Crippen LogP contribution in [0.2, 0.25) is 0 Å². The summed E-state index contributed by atoms with van der Waals surface area (Å²) in [5.41, 5.74) is 0.798. The van der Waals surface area contributed by atoms with Gasteiger partial charge in [0.15, 0.2) is 11.5 Å². The van der Waals surface area contributed by atoms with Gasteiger partial charge in [0, 0.05) is 19.3 Å². The van der Waals surface area contributed by atoms with Crippen molar-refractivity contribution < 1.29 is 19.4 Å². The zero-order valence-electron chi connectivity index (χ0n) is 19.3. The van der Waals surface area contributed by atoms with Crippen molar-refractivity contribution in [2.24, 2.45) is 0 Å². The zero-order chi connectivity index (χ0) is 23.3. The van der Waals surface area contributed by atoms with E-state index >= 15 is 0 Å². The van der Waals surface area contributed by atoms with Crippen LogP contribution >= 0.6 is 0 Å². The van der Waals surface area contributed by atoms with E-state index in [-0.39, 0.29) is 18.0 Å². The maximum atomic E-state index is 11.1. The maximum Gasteiger partial charge on any atom is 0.229 e. The molecule has 0 atom stereocenters. The third-order valence-corrected chi connectivity index (χ3v) is 6.45. The standard InChI is InChI=1S/C26H31N3O4/c1-18(30)29-25-27-16-19(17-28-25)9-12-26(31)13-10-20(11-14-26)21-7-8-23(32-2)24(15-21)33-22-5-3-4-6-22/h7-8,15-17,20,22,31H,3-6,10-11,13-14H2,1-2H3,(H,27,28,29,30). The summed E-state index contributed by atoms with van der Waals surface area (Å²) in [7, 11) is 1.67. The molecule has 2 N–H and O–H groups in total. The molecule has 1 heterocycles. The highest BCUT2D eigenvalue weighted by Crippen LogP contribution is 2.41. The lowest BCUT2D eigenvalue weighted by molar-refractivity contribution is -0.114. The molecule has 2 aromatic rings. The fraction of sp³-hybridized carbons (Fsp3) is 0.500. The second-order valence-corrected chi connectivity index (χ2v) is 8.97. The average Bonchev–Trinajstić information content (AvgIpc) is 3.32. The summed E-state index contributed by atoms with van der Waals surface area (Å²) in [6.45, 7) is 1.40. The normalized spacial score (nSPS) is 22.8. The van der Waals surface area contributed by atoms with Crippen molar-refractivity contribution in [3.05, 3.63) is 41.7 Å². The van der Waals surface area contributed by atoms with E-state index < -0.39 is 5.60 Å². The molecule has 33 heavy (non-hydrogen) atoms. The number of hydrogen-bond donors (Lipinski definition) is 2. The summed E-state index contributed by atoms with van der Waals surface area (Å²) in [4.78, 5) is 19.2. The average molecular weight is 450 g/mol. The molecule has 0 saturated heterocycles. The fourth-order valence-electron chi connectivity index (χ4n) is 4.58. The second kappa shape index (κ2) is 10.2. The molecule has 4 rings (SSSR count). The van der Waals surface area contributed by atoms with Gasteiger partial charge in [0.05, 0.1) is 18.8 Å². The lowest BCUT2D eigenvalue weighted by Gasteiger charge is -2.32. The van der Waals surface area contributed by atoms with E-state index in [0.717, 1.165) is 37.2 Å². The number of benzene rings is 1. The number of amides is 1. The second-order valence-electron chi connectivity index (χ2n) is 8.97. The summed E-state index contributed by atoms with van der Waals surface area (Å²) in [5, 5.41) is 13.5. The molecule has 2 saturated carbocycles. The third-order valence-electron chi connectivity index (χ3n) is 6.45. The maximum absolute atomic E-state index is 11.1. The van der Waals surface area contributed by atoms with Crippen LogP contribution in [0.25, 0.3) is 0 Å². The fourth-order valence-corrected chi connectivity index (χ4v) is 4.58. The number of aromatic nitrogens is 2. The number of rotatable bonds is 5. The van der Waals surface area contributed by atoms with Gasteiger partial charge in [-0.25, -0.2) is 9.97 Å². The zero-order valence-corrected chi connectivity index (χ0v) is 19.3. The number of aliphatic hydroxyl groups is 1. The van der Waals surface area contributed by atoms with Crippen molar-refractivity contribution in [2.75, 3.05) is 12.4 Å². The smallest absolute Gasteiger partial charge is 0.229 e. The van der Waals surface area contributed by atoms with E-state index in [0.29, 0.717) is 24.3 Å². The molecular weight excluding hydrogens is 418 g/mol. The molecule has 1 aromatic heterocycles. The molecule has 174 valence electrons. The topological polar surface area (TPSA) is 93.6 Å². The van der Waals surface area contributed by atoms with E-state index in [1.165, 1.54) is 25.3 Å². The van der Waals surface area contributed by atoms with Crippen molar-refractivity contribution in [1.82, 2.24) is 9.97 Å². The van der Waals surface area contributed by atoms with Crippen LogP contribution < -0.4 is 14.8 Å². The first-order valence-electron chi connectivity index (χ1n) is 11.6. The Bertz CT molecular complexity index is 1030. The lowest BCUT2D eigenvalue weighted by atomic mass is 9.76. The van der Waals surface area contributed by atoms with E-state index in [9.17, 15) is 9.90 Å². The predicted molar refractivity (Wildman–Crippen MR) is 125 cm³/mol. The van der Waals surface area contributed by atoms with Gasteiger partial charge in [-0.3, -0.25) is 10.1 Å². The number of nitrogens with zero attached hydrogens (tertiary/aromatic N) is 2. The summed E-state index contributed by atoms with van der Waals surface area (Å²) in [6.07, 6.45) is 10.9. The summed E-state index contributed by atoms with van der Waals surface area (Å²) in [6, 6.07) is 6.21.